The molecule has 1 aliphatic heterocycles. The highest BCUT2D eigenvalue weighted by molar-refractivity contribution is 7.93. The number of carboxylic acid groups (broad SMARTS) is 1. The van der Waals surface area contributed by atoms with Gasteiger partial charge < -0.3 is 9.84 Å². The quantitative estimate of drug-likeness (QED) is 0.473. The van der Waals surface area contributed by atoms with Crippen LogP contribution in [-0.4, -0.2) is 62.3 Å². The Kier molecular flexibility index (Phi) is 6.15. The number of amides is 1. The number of hydrogen-bond acceptors (Lipinski definition) is 7. The summed E-state index contributed by atoms with van der Waals surface area (Å²) in [6.45, 7) is -2.47. The van der Waals surface area contributed by atoms with Crippen LogP contribution in [-0.2, 0) is 20.0 Å². The molecule has 186 valence electrons. The van der Waals surface area contributed by atoms with Crippen LogP contribution in [0.3, 0.4) is 0 Å². The third kappa shape index (κ3) is 4.65. The molecule has 4 rings (SSSR count). The predicted molar refractivity (Wildman–Crippen MR) is 115 cm³/mol. The van der Waals surface area contributed by atoms with Crippen LogP contribution >= 0.6 is 0 Å². The van der Waals surface area contributed by atoms with Crippen molar-refractivity contribution in [3.05, 3.63) is 30.1 Å². The number of nitrogens with zero attached hydrogens (tertiary/aromatic N) is 3. The second-order valence-electron chi connectivity index (χ2n) is 7.80. The van der Waals surface area contributed by atoms with Crippen molar-refractivity contribution in [1.82, 2.24) is 14.5 Å². The number of carbonyl (C=O) groups is 1. The summed E-state index contributed by atoms with van der Waals surface area (Å²) in [5.41, 5.74) is -0.298. The van der Waals surface area contributed by atoms with E-state index in [1.807, 2.05) is 0 Å². The molecule has 0 spiro atoms. The molecule has 0 radical (unpaired) electrons. The predicted octanol–water partition coefficient (Wildman–Crippen LogP) is 1.71. The minimum Gasteiger partial charge on any atom is -0.485 e. The Bertz CT molecular complexity index is 1330. The first-order valence-corrected chi connectivity index (χ1v) is 13.0. The Hall–Kier alpha value is -2.98. The molecular formula is C18H21F2N5O7S2. The molecule has 0 bridgehead atoms. The number of aromatic nitrogens is 2. The van der Waals surface area contributed by atoms with E-state index in [2.05, 4.69) is 15.1 Å². The molecule has 2 aromatic rings. The molecule has 1 aliphatic carbocycles. The first-order chi connectivity index (χ1) is 15.9. The van der Waals surface area contributed by atoms with Crippen LogP contribution in [0.1, 0.15) is 25.1 Å². The number of ether oxygens (including phenoxy) is 1. The summed E-state index contributed by atoms with van der Waals surface area (Å²) in [6.07, 6.45) is -0.448. The average molecular weight is 522 g/mol. The number of benzene rings is 1. The monoisotopic (exact) mass is 521 g/mol. The lowest BCUT2D eigenvalue weighted by Gasteiger charge is -2.35. The van der Waals surface area contributed by atoms with Crippen molar-refractivity contribution in [2.24, 2.45) is 0 Å². The van der Waals surface area contributed by atoms with Crippen molar-refractivity contribution < 1.29 is 40.3 Å². The van der Waals surface area contributed by atoms with Gasteiger partial charge in [0.25, 0.3) is 10.0 Å². The minimum atomic E-state index is -4.47. The summed E-state index contributed by atoms with van der Waals surface area (Å²) in [6, 6.07) is 3.90. The maximum Gasteiger partial charge on any atom is 0.409 e. The molecule has 1 saturated carbocycles. The molecule has 34 heavy (non-hydrogen) atoms. The molecule has 3 N–H and O–H groups in total. The molecule has 0 saturated heterocycles. The topological polar surface area (TPSA) is 160 Å². The Morgan fingerprint density at radius 3 is 2.59 bits per heavy atom. The summed E-state index contributed by atoms with van der Waals surface area (Å²) < 4.78 is 87.1. The van der Waals surface area contributed by atoms with Crippen LogP contribution in [0.15, 0.2) is 29.3 Å². The van der Waals surface area contributed by atoms with Crippen LogP contribution in [0.2, 0.25) is 0 Å². The van der Waals surface area contributed by atoms with E-state index in [0.29, 0.717) is 12.8 Å². The van der Waals surface area contributed by atoms with E-state index < -0.39 is 48.9 Å². The maximum atomic E-state index is 13.5. The van der Waals surface area contributed by atoms with Gasteiger partial charge in [-0.15, -0.1) is 0 Å². The molecule has 1 atom stereocenters. The Morgan fingerprint density at radius 1 is 1.29 bits per heavy atom. The van der Waals surface area contributed by atoms with Crippen LogP contribution in [0.25, 0.3) is 0 Å². The average Bonchev–Trinajstić information content (AvgIpc) is 3.54. The molecule has 16 heteroatoms. The molecule has 1 fully saturated rings. The number of rotatable bonds is 8. The highest BCUT2D eigenvalue weighted by Gasteiger charge is 2.39. The van der Waals surface area contributed by atoms with Gasteiger partial charge in [0.1, 0.15) is 16.7 Å². The molecule has 2 aliphatic rings. The van der Waals surface area contributed by atoms with Crippen molar-refractivity contribution >= 4 is 37.5 Å². The highest BCUT2D eigenvalue weighted by atomic mass is 32.2. The molecular weight excluding hydrogens is 500 g/mol. The largest absolute Gasteiger partial charge is 0.485 e. The maximum absolute atomic E-state index is 13.5. The van der Waals surface area contributed by atoms with Crippen LogP contribution in [0.5, 0.6) is 5.75 Å². The lowest BCUT2D eigenvalue weighted by atomic mass is 10.2. The van der Waals surface area contributed by atoms with Gasteiger partial charge in [0.05, 0.1) is 29.4 Å². The van der Waals surface area contributed by atoms with Gasteiger partial charge in [-0.1, -0.05) is 0 Å². The molecule has 12 nitrogen and oxygen atoms in total. The summed E-state index contributed by atoms with van der Waals surface area (Å²) in [5.74, 6) is 0.0419. The second-order valence-corrected chi connectivity index (χ2v) is 11.7. The van der Waals surface area contributed by atoms with Crippen molar-refractivity contribution in [3.8, 4) is 5.75 Å². The van der Waals surface area contributed by atoms with E-state index in [0.717, 1.165) is 10.5 Å². The number of sulfonamides is 2. The first kappa shape index (κ1) is 24.2. The van der Waals surface area contributed by atoms with E-state index in [9.17, 15) is 30.4 Å². The van der Waals surface area contributed by atoms with Crippen molar-refractivity contribution in [3.63, 3.8) is 0 Å². The van der Waals surface area contributed by atoms with Gasteiger partial charge in [0, 0.05) is 12.2 Å². The molecule has 1 amide bonds. The van der Waals surface area contributed by atoms with Crippen LogP contribution < -0.4 is 19.1 Å². The Balaban J connectivity index is 1.71. The number of alkyl halides is 2. The molecule has 1 aromatic heterocycles. The number of hydrogen-bond donors (Lipinski definition) is 3. The zero-order valence-corrected chi connectivity index (χ0v) is 19.3. The Labute approximate surface area is 193 Å². The lowest BCUT2D eigenvalue weighted by Crippen LogP contribution is -2.48. The number of fused-ring (bicyclic) bond motifs is 1. The van der Waals surface area contributed by atoms with E-state index in [-0.39, 0.29) is 40.6 Å². The fourth-order valence-electron chi connectivity index (χ4n) is 3.53. The smallest absolute Gasteiger partial charge is 0.409 e. The number of nitrogens with one attached hydrogen (secondary N) is 2. The summed E-state index contributed by atoms with van der Waals surface area (Å²) in [7, 11) is -8.04. The molecule has 2 heterocycles. The minimum absolute atomic E-state index is 0.0419. The third-order valence-electron chi connectivity index (χ3n) is 5.37. The van der Waals surface area contributed by atoms with Crippen molar-refractivity contribution in [2.75, 3.05) is 22.7 Å². The zero-order chi connectivity index (χ0) is 24.8. The van der Waals surface area contributed by atoms with Crippen LogP contribution in [0, 0.1) is 6.92 Å². The van der Waals surface area contributed by atoms with Gasteiger partial charge in [0.2, 0.25) is 10.0 Å². The molecule has 1 aromatic carbocycles. The fourth-order valence-corrected chi connectivity index (χ4v) is 6.59. The van der Waals surface area contributed by atoms with E-state index >= 15 is 0 Å². The van der Waals surface area contributed by atoms with Gasteiger partial charge in [-0.05, 0) is 38.0 Å². The summed E-state index contributed by atoms with van der Waals surface area (Å²) in [4.78, 5) is 10.5. The van der Waals surface area contributed by atoms with E-state index in [1.165, 1.54) is 25.1 Å². The normalized spacial score (nSPS) is 18.5. The first-order valence-electron chi connectivity index (χ1n) is 10.0. The van der Waals surface area contributed by atoms with E-state index in [1.54, 1.807) is 0 Å². The fraction of sp³-hybridized carbons (Fsp3) is 0.444. The Morgan fingerprint density at radius 2 is 2.00 bits per heavy atom. The van der Waals surface area contributed by atoms with Crippen molar-refractivity contribution in [1.29, 1.82) is 0 Å². The standard InChI is InChI=1S/C18H21F2N5O7S2/c1-10-16(8-21-25(10)17(19)20)34(30,31)24-9-12(7-22-33(28,29)13-3-4-13)32-15-5-2-11(6-14(15)24)23-18(26)27/h2,5-6,8,12-13,17,22-23H,3-4,7,9H2,1H3,(H,26,27). The SMILES string of the molecule is Cc1c(S(=O)(=O)N2CC(CNS(=O)(=O)C3CC3)Oc3ccc(NC(=O)O)cc32)cnn1C(F)F. The number of anilines is 2. The molecule has 1 unspecified atom stereocenters. The van der Waals surface area contributed by atoms with Crippen molar-refractivity contribution in [2.45, 2.75) is 42.6 Å². The summed E-state index contributed by atoms with van der Waals surface area (Å²) in [5, 5.41) is 14.0. The third-order valence-corrected chi connectivity index (χ3v) is 9.17. The van der Waals surface area contributed by atoms with Gasteiger partial charge >= 0.3 is 12.6 Å². The van der Waals surface area contributed by atoms with Gasteiger partial charge in [-0.2, -0.15) is 13.9 Å². The zero-order valence-electron chi connectivity index (χ0n) is 17.7. The summed E-state index contributed by atoms with van der Waals surface area (Å²) >= 11 is 0. The highest BCUT2D eigenvalue weighted by Crippen LogP contribution is 2.39. The van der Waals surface area contributed by atoms with Crippen LogP contribution in [0.4, 0.5) is 25.0 Å². The number of halogens is 2. The lowest BCUT2D eigenvalue weighted by molar-refractivity contribution is 0.0541. The second kappa shape index (κ2) is 8.66. The van der Waals surface area contributed by atoms with Gasteiger partial charge in [-0.3, -0.25) is 9.62 Å². The van der Waals surface area contributed by atoms with Gasteiger partial charge in [0.15, 0.2) is 0 Å². The van der Waals surface area contributed by atoms with E-state index in [4.69, 9.17) is 9.84 Å². The van der Waals surface area contributed by atoms with Gasteiger partial charge in [-0.25, -0.2) is 31.0 Å².